The lowest BCUT2D eigenvalue weighted by Gasteiger charge is -2.37. The Morgan fingerprint density at radius 3 is 2.62 bits per heavy atom. The van der Waals surface area contributed by atoms with Gasteiger partial charge in [-0.15, -0.1) is 0 Å². The average molecular weight is 393 g/mol. The van der Waals surface area contributed by atoms with Gasteiger partial charge in [-0.3, -0.25) is 4.90 Å². The molecule has 0 bridgehead atoms. The Kier molecular flexibility index (Phi) is 7.35. The lowest BCUT2D eigenvalue weighted by atomic mass is 9.97. The molecule has 26 heavy (non-hydrogen) atoms. The number of rotatable bonds is 7. The number of likely N-dealkylation sites (N-methyl/N-ethyl adjacent to an activating group) is 1. The van der Waals surface area contributed by atoms with E-state index < -0.39 is 0 Å². The molecule has 0 saturated carbocycles. The lowest BCUT2D eigenvalue weighted by molar-refractivity contribution is 0.0371. The molecule has 0 aliphatic carbocycles. The van der Waals surface area contributed by atoms with Gasteiger partial charge in [0.15, 0.2) is 0 Å². The Hall–Kier alpha value is -1.10. The van der Waals surface area contributed by atoms with E-state index in [0.717, 1.165) is 39.1 Å². The Morgan fingerprint density at radius 2 is 1.92 bits per heavy atom. The summed E-state index contributed by atoms with van der Waals surface area (Å²) in [4.78, 5) is 2.43. The number of hydrogen-bond acceptors (Lipinski definition) is 3. The highest BCUT2D eigenvalue weighted by molar-refractivity contribution is 6.42. The highest BCUT2D eigenvalue weighted by Crippen LogP contribution is 2.24. The second-order valence-corrected chi connectivity index (χ2v) is 7.71. The summed E-state index contributed by atoms with van der Waals surface area (Å²) in [5.41, 5.74) is 2.54. The fourth-order valence-electron chi connectivity index (χ4n) is 3.56. The van der Waals surface area contributed by atoms with E-state index in [1.807, 2.05) is 12.1 Å². The summed E-state index contributed by atoms with van der Waals surface area (Å²) in [5, 5.41) is 4.86. The zero-order valence-corrected chi connectivity index (χ0v) is 16.6. The van der Waals surface area contributed by atoms with Gasteiger partial charge in [-0.1, -0.05) is 59.6 Å². The standard InChI is InChI=1S/C21H26Cl2N2O/c1-25(14-17-5-3-2-4-6-17)21(20-15-26-12-11-24-20)10-8-16-7-9-18(22)19(23)13-16/h2-7,9,13,20-21,24H,8,10-12,14-15H2,1H3. The quantitative estimate of drug-likeness (QED) is 0.754. The predicted molar refractivity (Wildman–Crippen MR) is 109 cm³/mol. The molecule has 0 amide bonds. The molecule has 2 aromatic carbocycles. The minimum absolute atomic E-state index is 0.334. The van der Waals surface area contributed by atoms with Gasteiger partial charge in [0, 0.05) is 25.2 Å². The largest absolute Gasteiger partial charge is 0.378 e. The summed E-state index contributed by atoms with van der Waals surface area (Å²) in [6.07, 6.45) is 1.99. The molecule has 3 nitrogen and oxygen atoms in total. The number of hydrogen-bond donors (Lipinski definition) is 1. The van der Waals surface area contributed by atoms with Gasteiger partial charge in [0.25, 0.3) is 0 Å². The molecule has 0 aromatic heterocycles. The van der Waals surface area contributed by atoms with E-state index in [4.69, 9.17) is 27.9 Å². The molecule has 2 unspecified atom stereocenters. The Balaban J connectivity index is 1.68. The molecule has 1 aliphatic rings. The summed E-state index contributed by atoms with van der Waals surface area (Å²) in [5.74, 6) is 0. The summed E-state index contributed by atoms with van der Waals surface area (Å²) in [7, 11) is 2.20. The van der Waals surface area contributed by atoms with Crippen molar-refractivity contribution in [3.05, 3.63) is 69.7 Å². The predicted octanol–water partition coefficient (Wildman–Crippen LogP) is 4.42. The van der Waals surface area contributed by atoms with Crippen LogP contribution in [0.2, 0.25) is 10.0 Å². The van der Waals surface area contributed by atoms with Crippen LogP contribution in [0.4, 0.5) is 0 Å². The van der Waals surface area contributed by atoms with Crippen LogP contribution in [0.25, 0.3) is 0 Å². The van der Waals surface area contributed by atoms with E-state index in [-0.39, 0.29) is 0 Å². The fourth-order valence-corrected chi connectivity index (χ4v) is 3.88. The monoisotopic (exact) mass is 392 g/mol. The molecule has 2 atom stereocenters. The van der Waals surface area contributed by atoms with Gasteiger partial charge >= 0.3 is 0 Å². The molecule has 2 aromatic rings. The second-order valence-electron chi connectivity index (χ2n) is 6.89. The number of ether oxygens (including phenoxy) is 1. The fraction of sp³-hybridized carbons (Fsp3) is 0.429. The lowest BCUT2D eigenvalue weighted by Crippen LogP contribution is -2.54. The molecule has 1 saturated heterocycles. The van der Waals surface area contributed by atoms with E-state index in [1.165, 1.54) is 11.1 Å². The molecule has 1 N–H and O–H groups in total. The van der Waals surface area contributed by atoms with Crippen LogP contribution < -0.4 is 5.32 Å². The van der Waals surface area contributed by atoms with Crippen LogP contribution >= 0.6 is 23.2 Å². The van der Waals surface area contributed by atoms with Gasteiger partial charge < -0.3 is 10.1 Å². The molecule has 1 aliphatic heterocycles. The van der Waals surface area contributed by atoms with Crippen LogP contribution in [0, 0.1) is 0 Å². The van der Waals surface area contributed by atoms with Crippen LogP contribution in [-0.4, -0.2) is 43.8 Å². The van der Waals surface area contributed by atoms with E-state index in [0.29, 0.717) is 22.1 Å². The Labute approximate surface area is 166 Å². The zero-order chi connectivity index (χ0) is 18.4. The summed E-state index contributed by atoms with van der Waals surface area (Å²) in [6.45, 7) is 3.38. The maximum atomic E-state index is 6.17. The average Bonchev–Trinajstić information content (AvgIpc) is 2.66. The van der Waals surface area contributed by atoms with E-state index in [2.05, 4.69) is 53.7 Å². The van der Waals surface area contributed by atoms with Crippen molar-refractivity contribution in [3.63, 3.8) is 0 Å². The maximum absolute atomic E-state index is 6.17. The number of halogens is 2. The first kappa shape index (κ1) is 19.7. The molecule has 0 radical (unpaired) electrons. The van der Waals surface area contributed by atoms with Gasteiger partial charge in [-0.05, 0) is 43.1 Å². The second kappa shape index (κ2) is 9.72. The third-order valence-electron chi connectivity index (χ3n) is 4.97. The van der Waals surface area contributed by atoms with Crippen LogP contribution in [0.1, 0.15) is 17.5 Å². The van der Waals surface area contributed by atoms with Gasteiger partial charge in [-0.25, -0.2) is 0 Å². The molecular formula is C21H26Cl2N2O. The molecule has 3 rings (SSSR count). The van der Waals surface area contributed by atoms with Crippen molar-refractivity contribution in [2.75, 3.05) is 26.8 Å². The van der Waals surface area contributed by atoms with E-state index in [9.17, 15) is 0 Å². The molecule has 1 fully saturated rings. The molecule has 140 valence electrons. The van der Waals surface area contributed by atoms with Crippen LogP contribution in [0.15, 0.2) is 48.5 Å². The van der Waals surface area contributed by atoms with Crippen molar-refractivity contribution in [1.29, 1.82) is 0 Å². The van der Waals surface area contributed by atoms with Gasteiger partial charge in [0.2, 0.25) is 0 Å². The number of aryl methyl sites for hydroxylation is 1. The van der Waals surface area contributed by atoms with Crippen molar-refractivity contribution in [2.24, 2.45) is 0 Å². The van der Waals surface area contributed by atoms with Gasteiger partial charge in [0.1, 0.15) is 0 Å². The summed E-state index contributed by atoms with van der Waals surface area (Å²) < 4.78 is 5.72. The van der Waals surface area contributed by atoms with Crippen LogP contribution in [0.5, 0.6) is 0 Å². The molecule has 0 spiro atoms. The first-order chi connectivity index (χ1) is 12.6. The van der Waals surface area contributed by atoms with Crippen molar-refractivity contribution < 1.29 is 4.74 Å². The van der Waals surface area contributed by atoms with Crippen molar-refractivity contribution in [2.45, 2.75) is 31.5 Å². The molecule has 5 heteroatoms. The first-order valence-electron chi connectivity index (χ1n) is 9.12. The third kappa shape index (κ3) is 5.45. The van der Waals surface area contributed by atoms with Crippen LogP contribution in [-0.2, 0) is 17.7 Å². The first-order valence-corrected chi connectivity index (χ1v) is 9.88. The highest BCUT2D eigenvalue weighted by Gasteiger charge is 2.27. The minimum Gasteiger partial charge on any atom is -0.378 e. The molecular weight excluding hydrogens is 367 g/mol. The van der Waals surface area contributed by atoms with Crippen molar-refractivity contribution in [1.82, 2.24) is 10.2 Å². The molecule has 1 heterocycles. The van der Waals surface area contributed by atoms with Gasteiger partial charge in [0.05, 0.1) is 23.3 Å². The number of morpholine rings is 1. The highest BCUT2D eigenvalue weighted by atomic mass is 35.5. The SMILES string of the molecule is CN(Cc1ccccc1)C(CCc1ccc(Cl)c(Cl)c1)C1COCCN1. The van der Waals surface area contributed by atoms with Crippen LogP contribution in [0.3, 0.4) is 0 Å². The zero-order valence-electron chi connectivity index (χ0n) is 15.1. The Morgan fingerprint density at radius 1 is 1.12 bits per heavy atom. The normalized spacial score (nSPS) is 18.8. The topological polar surface area (TPSA) is 24.5 Å². The van der Waals surface area contributed by atoms with Gasteiger partial charge in [-0.2, -0.15) is 0 Å². The third-order valence-corrected chi connectivity index (χ3v) is 5.71. The maximum Gasteiger partial charge on any atom is 0.0635 e. The summed E-state index contributed by atoms with van der Waals surface area (Å²) in [6, 6.07) is 17.2. The smallest absolute Gasteiger partial charge is 0.0635 e. The van der Waals surface area contributed by atoms with Crippen molar-refractivity contribution >= 4 is 23.2 Å². The summed E-state index contributed by atoms with van der Waals surface area (Å²) >= 11 is 12.2. The van der Waals surface area contributed by atoms with Crippen molar-refractivity contribution in [3.8, 4) is 0 Å². The Bertz CT molecular complexity index is 690. The van der Waals surface area contributed by atoms with E-state index >= 15 is 0 Å². The van der Waals surface area contributed by atoms with E-state index in [1.54, 1.807) is 0 Å². The number of nitrogens with one attached hydrogen (secondary N) is 1. The minimum atomic E-state index is 0.334. The number of benzene rings is 2. The number of nitrogens with zero attached hydrogens (tertiary/aromatic N) is 1.